The number of anilines is 1. The first-order valence-corrected chi connectivity index (χ1v) is 8.12. The molecule has 0 radical (unpaired) electrons. The van der Waals surface area contributed by atoms with Crippen LogP contribution in [-0.4, -0.2) is 11.2 Å². The Morgan fingerprint density at radius 2 is 2.10 bits per heavy atom. The molecule has 1 aliphatic heterocycles. The minimum Gasteiger partial charge on any atom is -0.325 e. The molecule has 20 heavy (non-hydrogen) atoms. The van der Waals surface area contributed by atoms with Crippen LogP contribution in [0.2, 0.25) is 0 Å². The van der Waals surface area contributed by atoms with Gasteiger partial charge >= 0.3 is 0 Å². The van der Waals surface area contributed by atoms with E-state index >= 15 is 0 Å². The molecule has 1 atom stereocenters. The number of halogens is 1. The summed E-state index contributed by atoms with van der Waals surface area (Å²) in [5.41, 5.74) is 3.24. The number of carbonyl (C=O) groups excluding carboxylic acids is 1. The van der Waals surface area contributed by atoms with Crippen molar-refractivity contribution < 1.29 is 4.79 Å². The molecule has 0 saturated carbocycles. The number of fused-ring (bicyclic) bond motifs is 1. The van der Waals surface area contributed by atoms with Gasteiger partial charge in [0.15, 0.2) is 0 Å². The van der Waals surface area contributed by atoms with E-state index in [4.69, 9.17) is 0 Å². The highest BCUT2D eigenvalue weighted by Crippen LogP contribution is 2.37. The molecule has 102 valence electrons. The fourth-order valence-electron chi connectivity index (χ4n) is 2.27. The zero-order chi connectivity index (χ0) is 14.1. The Labute approximate surface area is 131 Å². The number of nitrogens with one attached hydrogen (secondary N) is 1. The van der Waals surface area contributed by atoms with E-state index < -0.39 is 0 Å². The van der Waals surface area contributed by atoms with Crippen molar-refractivity contribution >= 4 is 39.3 Å². The molecule has 1 unspecified atom stereocenters. The smallest absolute Gasteiger partial charge is 0.238 e. The molecular weight excluding hydrogens is 334 g/mol. The molecule has 0 fully saturated rings. The molecule has 1 heterocycles. The summed E-state index contributed by atoms with van der Waals surface area (Å²) in [7, 11) is 0. The van der Waals surface area contributed by atoms with Gasteiger partial charge in [-0.1, -0.05) is 34.1 Å². The number of hydrogen-bond donors (Lipinski definition) is 1. The SMILES string of the molecule is Cc1cc(NC(=O)C2Cc3ccccc3S2)ccc1Br. The summed E-state index contributed by atoms with van der Waals surface area (Å²) >= 11 is 5.11. The number of thioether (sulfide) groups is 1. The van der Waals surface area contributed by atoms with E-state index in [0.717, 1.165) is 22.1 Å². The summed E-state index contributed by atoms with van der Waals surface area (Å²) in [4.78, 5) is 13.6. The van der Waals surface area contributed by atoms with Gasteiger partial charge in [0, 0.05) is 15.1 Å². The molecule has 0 aliphatic carbocycles. The molecule has 2 nitrogen and oxygen atoms in total. The average molecular weight is 348 g/mol. The number of amides is 1. The van der Waals surface area contributed by atoms with E-state index in [-0.39, 0.29) is 11.2 Å². The van der Waals surface area contributed by atoms with Gasteiger partial charge in [-0.15, -0.1) is 11.8 Å². The minimum absolute atomic E-state index is 0.0312. The van der Waals surface area contributed by atoms with Crippen LogP contribution in [-0.2, 0) is 11.2 Å². The van der Waals surface area contributed by atoms with Gasteiger partial charge in [-0.25, -0.2) is 0 Å². The van der Waals surface area contributed by atoms with Crippen molar-refractivity contribution in [2.45, 2.75) is 23.5 Å². The van der Waals surface area contributed by atoms with Gasteiger partial charge in [0.25, 0.3) is 0 Å². The fourth-order valence-corrected chi connectivity index (χ4v) is 3.72. The first kappa shape index (κ1) is 13.7. The molecule has 2 aromatic carbocycles. The van der Waals surface area contributed by atoms with Gasteiger partial charge in [0.1, 0.15) is 0 Å². The quantitative estimate of drug-likeness (QED) is 0.871. The van der Waals surface area contributed by atoms with E-state index in [0.29, 0.717) is 0 Å². The molecular formula is C16H14BrNOS. The van der Waals surface area contributed by atoms with Crippen molar-refractivity contribution in [1.29, 1.82) is 0 Å². The summed E-state index contributed by atoms with van der Waals surface area (Å²) in [6.07, 6.45) is 0.808. The van der Waals surface area contributed by atoms with Gasteiger partial charge < -0.3 is 5.32 Å². The maximum Gasteiger partial charge on any atom is 0.238 e. The maximum atomic E-state index is 12.3. The topological polar surface area (TPSA) is 29.1 Å². The van der Waals surface area contributed by atoms with Crippen molar-refractivity contribution in [3.63, 3.8) is 0 Å². The van der Waals surface area contributed by atoms with Crippen LogP contribution in [0.4, 0.5) is 5.69 Å². The van der Waals surface area contributed by atoms with E-state index in [2.05, 4.69) is 33.4 Å². The lowest BCUT2D eigenvalue weighted by atomic mass is 10.1. The van der Waals surface area contributed by atoms with Crippen LogP contribution in [0.1, 0.15) is 11.1 Å². The summed E-state index contributed by atoms with van der Waals surface area (Å²) in [6.45, 7) is 2.01. The van der Waals surface area contributed by atoms with Gasteiger partial charge in [-0.3, -0.25) is 4.79 Å². The zero-order valence-electron chi connectivity index (χ0n) is 11.0. The predicted molar refractivity (Wildman–Crippen MR) is 87.3 cm³/mol. The maximum absolute atomic E-state index is 12.3. The third-order valence-electron chi connectivity index (χ3n) is 3.37. The number of rotatable bonds is 2. The lowest BCUT2D eigenvalue weighted by Gasteiger charge is -2.11. The highest BCUT2D eigenvalue weighted by molar-refractivity contribution is 9.10. The molecule has 3 rings (SSSR count). The monoisotopic (exact) mass is 347 g/mol. The van der Waals surface area contributed by atoms with Crippen LogP contribution in [0.25, 0.3) is 0 Å². The highest BCUT2D eigenvalue weighted by atomic mass is 79.9. The number of benzene rings is 2. The van der Waals surface area contributed by atoms with E-state index in [1.165, 1.54) is 10.5 Å². The van der Waals surface area contributed by atoms with Crippen molar-refractivity contribution in [1.82, 2.24) is 0 Å². The van der Waals surface area contributed by atoms with Gasteiger partial charge in [0.05, 0.1) is 5.25 Å². The Morgan fingerprint density at radius 3 is 2.85 bits per heavy atom. The van der Waals surface area contributed by atoms with Crippen LogP contribution >= 0.6 is 27.7 Å². The third-order valence-corrected chi connectivity index (χ3v) is 5.57. The number of hydrogen-bond acceptors (Lipinski definition) is 2. The molecule has 1 N–H and O–H groups in total. The number of aryl methyl sites for hydroxylation is 1. The second-order valence-corrected chi connectivity index (χ2v) is 6.97. The van der Waals surface area contributed by atoms with Crippen molar-refractivity contribution in [3.05, 3.63) is 58.1 Å². The van der Waals surface area contributed by atoms with Gasteiger partial charge in [-0.05, 0) is 48.7 Å². The normalized spacial score (nSPS) is 16.8. The van der Waals surface area contributed by atoms with E-state index in [1.807, 2.05) is 37.3 Å². The molecule has 1 amide bonds. The predicted octanol–water partition coefficient (Wildman–Crippen LogP) is 4.41. The Hall–Kier alpha value is -1.26. The summed E-state index contributed by atoms with van der Waals surface area (Å²) in [6, 6.07) is 14.1. The molecule has 0 aromatic heterocycles. The second kappa shape index (κ2) is 5.62. The van der Waals surface area contributed by atoms with Gasteiger partial charge in [-0.2, -0.15) is 0 Å². The van der Waals surface area contributed by atoms with Crippen molar-refractivity contribution in [2.24, 2.45) is 0 Å². The zero-order valence-corrected chi connectivity index (χ0v) is 13.4. The van der Waals surface area contributed by atoms with E-state index in [9.17, 15) is 4.79 Å². The fraction of sp³-hybridized carbons (Fsp3) is 0.188. The highest BCUT2D eigenvalue weighted by Gasteiger charge is 2.27. The second-order valence-electron chi connectivity index (χ2n) is 4.87. The van der Waals surface area contributed by atoms with Crippen LogP contribution < -0.4 is 5.32 Å². The van der Waals surface area contributed by atoms with Crippen LogP contribution in [0.5, 0.6) is 0 Å². The Bertz CT molecular complexity index is 646. The molecule has 1 aliphatic rings. The standard InChI is InChI=1S/C16H14BrNOS/c1-10-8-12(6-7-13(10)17)18-16(19)15-9-11-4-2-3-5-14(11)20-15/h2-8,15H,9H2,1H3,(H,18,19). The average Bonchev–Trinajstić information content (AvgIpc) is 2.87. The van der Waals surface area contributed by atoms with Crippen molar-refractivity contribution in [2.75, 3.05) is 5.32 Å². The first-order valence-electron chi connectivity index (χ1n) is 6.45. The van der Waals surface area contributed by atoms with Crippen LogP contribution in [0, 0.1) is 6.92 Å². The Balaban J connectivity index is 1.71. The number of carbonyl (C=O) groups is 1. The molecule has 0 saturated heterocycles. The van der Waals surface area contributed by atoms with Crippen molar-refractivity contribution in [3.8, 4) is 0 Å². The van der Waals surface area contributed by atoms with Crippen LogP contribution in [0.15, 0.2) is 51.8 Å². The van der Waals surface area contributed by atoms with Gasteiger partial charge in [0.2, 0.25) is 5.91 Å². The Kier molecular flexibility index (Phi) is 3.85. The lowest BCUT2D eigenvalue weighted by molar-refractivity contribution is -0.115. The summed E-state index contributed by atoms with van der Waals surface area (Å²) < 4.78 is 1.05. The molecule has 0 spiro atoms. The molecule has 4 heteroatoms. The third kappa shape index (κ3) is 2.76. The van der Waals surface area contributed by atoms with E-state index in [1.54, 1.807) is 11.8 Å². The van der Waals surface area contributed by atoms with Crippen LogP contribution in [0.3, 0.4) is 0 Å². The summed E-state index contributed by atoms with van der Waals surface area (Å²) in [5.74, 6) is 0.0768. The molecule has 2 aromatic rings. The summed E-state index contributed by atoms with van der Waals surface area (Å²) in [5, 5.41) is 2.97. The first-order chi connectivity index (χ1) is 9.63. The minimum atomic E-state index is -0.0312. The Morgan fingerprint density at radius 1 is 1.30 bits per heavy atom. The largest absolute Gasteiger partial charge is 0.325 e. The lowest BCUT2D eigenvalue weighted by Crippen LogP contribution is -2.24. The molecule has 0 bridgehead atoms.